The zero-order chi connectivity index (χ0) is 12.0. The van der Waals surface area contributed by atoms with Gasteiger partial charge in [0.05, 0.1) is 5.54 Å². The summed E-state index contributed by atoms with van der Waals surface area (Å²) in [6.07, 6.45) is 4.98. The Kier molecular flexibility index (Phi) is 4.73. The summed E-state index contributed by atoms with van der Waals surface area (Å²) in [6.45, 7) is 0.519. The van der Waals surface area contributed by atoms with E-state index in [2.05, 4.69) is 5.32 Å². The second-order valence-electron chi connectivity index (χ2n) is 4.47. The summed E-state index contributed by atoms with van der Waals surface area (Å²) in [5.41, 5.74) is 5.29. The first-order chi connectivity index (χ1) is 7.54. The standard InChI is InChI=1S/C11H20N2O3/c12-11(6-2-3-7-11)10(16)13-8-4-1-5-9(14)15/h1-8,12H2,(H,13,16)(H,14,15). The van der Waals surface area contributed by atoms with Gasteiger partial charge in [-0.2, -0.15) is 0 Å². The van der Waals surface area contributed by atoms with Crippen LogP contribution in [0.5, 0.6) is 0 Å². The van der Waals surface area contributed by atoms with Crippen LogP contribution in [0.4, 0.5) is 0 Å². The average molecular weight is 228 g/mol. The largest absolute Gasteiger partial charge is 0.481 e. The third-order valence-electron chi connectivity index (χ3n) is 3.05. The molecule has 1 fully saturated rings. The summed E-state index contributed by atoms with van der Waals surface area (Å²) in [5, 5.41) is 11.2. The van der Waals surface area contributed by atoms with Crippen molar-refractivity contribution < 1.29 is 14.7 Å². The maximum atomic E-state index is 11.7. The lowest BCUT2D eigenvalue weighted by atomic mass is 9.98. The van der Waals surface area contributed by atoms with Crippen molar-refractivity contribution in [3.05, 3.63) is 0 Å². The second-order valence-corrected chi connectivity index (χ2v) is 4.47. The summed E-state index contributed by atoms with van der Waals surface area (Å²) in [5.74, 6) is -0.877. The lowest BCUT2D eigenvalue weighted by molar-refractivity contribution is -0.137. The van der Waals surface area contributed by atoms with Crippen LogP contribution in [0.2, 0.25) is 0 Å². The number of rotatable bonds is 6. The Morgan fingerprint density at radius 3 is 2.44 bits per heavy atom. The number of hydrogen-bond acceptors (Lipinski definition) is 3. The predicted octanol–water partition coefficient (Wildman–Crippen LogP) is 0.629. The minimum Gasteiger partial charge on any atom is -0.481 e. The maximum Gasteiger partial charge on any atom is 0.303 e. The highest BCUT2D eigenvalue weighted by Crippen LogP contribution is 2.27. The molecule has 0 heterocycles. The molecule has 0 radical (unpaired) electrons. The van der Waals surface area contributed by atoms with Gasteiger partial charge in [0.15, 0.2) is 0 Å². The van der Waals surface area contributed by atoms with Crippen LogP contribution in [0.15, 0.2) is 0 Å². The van der Waals surface area contributed by atoms with E-state index in [1.54, 1.807) is 0 Å². The van der Waals surface area contributed by atoms with Crippen LogP contribution >= 0.6 is 0 Å². The van der Waals surface area contributed by atoms with Gasteiger partial charge >= 0.3 is 5.97 Å². The molecule has 1 rings (SSSR count). The van der Waals surface area contributed by atoms with Crippen LogP contribution in [0.3, 0.4) is 0 Å². The van der Waals surface area contributed by atoms with Crippen LogP contribution in [0.1, 0.15) is 44.9 Å². The van der Waals surface area contributed by atoms with Crippen molar-refractivity contribution in [2.24, 2.45) is 5.73 Å². The second kappa shape index (κ2) is 5.84. The summed E-state index contributed by atoms with van der Waals surface area (Å²) < 4.78 is 0. The molecule has 0 aromatic rings. The zero-order valence-electron chi connectivity index (χ0n) is 9.50. The van der Waals surface area contributed by atoms with Gasteiger partial charge in [-0.15, -0.1) is 0 Å². The summed E-state index contributed by atoms with van der Waals surface area (Å²) in [4.78, 5) is 22.0. The highest BCUT2D eigenvalue weighted by molar-refractivity contribution is 5.86. The monoisotopic (exact) mass is 228 g/mol. The van der Waals surface area contributed by atoms with Gasteiger partial charge in [0.1, 0.15) is 0 Å². The van der Waals surface area contributed by atoms with E-state index in [0.29, 0.717) is 19.4 Å². The van der Waals surface area contributed by atoms with E-state index in [-0.39, 0.29) is 12.3 Å². The lowest BCUT2D eigenvalue weighted by Crippen LogP contribution is -2.52. The molecule has 4 N–H and O–H groups in total. The van der Waals surface area contributed by atoms with E-state index in [4.69, 9.17) is 10.8 Å². The fourth-order valence-electron chi connectivity index (χ4n) is 2.01. The third-order valence-corrected chi connectivity index (χ3v) is 3.05. The van der Waals surface area contributed by atoms with Crippen molar-refractivity contribution in [1.29, 1.82) is 0 Å². The molecule has 5 nitrogen and oxygen atoms in total. The van der Waals surface area contributed by atoms with Gasteiger partial charge in [-0.1, -0.05) is 12.8 Å². The number of hydrogen-bond donors (Lipinski definition) is 3. The van der Waals surface area contributed by atoms with E-state index >= 15 is 0 Å². The highest BCUT2D eigenvalue weighted by Gasteiger charge is 2.36. The molecule has 0 atom stereocenters. The molecule has 0 aromatic carbocycles. The Labute approximate surface area is 95.4 Å². The highest BCUT2D eigenvalue weighted by atomic mass is 16.4. The van der Waals surface area contributed by atoms with E-state index < -0.39 is 11.5 Å². The molecule has 5 heteroatoms. The van der Waals surface area contributed by atoms with Crippen molar-refractivity contribution >= 4 is 11.9 Å². The smallest absolute Gasteiger partial charge is 0.303 e. The SMILES string of the molecule is NC1(C(=O)NCCCCC(=O)O)CCCC1. The maximum absolute atomic E-state index is 11.7. The first-order valence-electron chi connectivity index (χ1n) is 5.83. The minimum absolute atomic E-state index is 0.0830. The molecule has 1 aliphatic rings. The summed E-state index contributed by atoms with van der Waals surface area (Å²) in [7, 11) is 0. The van der Waals surface area contributed by atoms with Crippen molar-refractivity contribution in [3.8, 4) is 0 Å². The normalized spacial score (nSPS) is 18.3. The molecule has 1 saturated carbocycles. The minimum atomic E-state index is -0.794. The van der Waals surface area contributed by atoms with Gasteiger partial charge in [-0.25, -0.2) is 0 Å². The van der Waals surface area contributed by atoms with E-state index in [1.165, 1.54) is 0 Å². The number of aliphatic carboxylic acids is 1. The van der Waals surface area contributed by atoms with E-state index in [9.17, 15) is 9.59 Å². The topological polar surface area (TPSA) is 92.4 Å². The fraction of sp³-hybridized carbons (Fsp3) is 0.818. The van der Waals surface area contributed by atoms with Gasteiger partial charge in [-0.3, -0.25) is 9.59 Å². The Balaban J connectivity index is 2.13. The molecule has 0 aliphatic heterocycles. The number of amides is 1. The van der Waals surface area contributed by atoms with Gasteiger partial charge in [-0.05, 0) is 25.7 Å². The van der Waals surface area contributed by atoms with E-state index in [1.807, 2.05) is 0 Å². The van der Waals surface area contributed by atoms with E-state index in [0.717, 1.165) is 25.7 Å². The molecule has 0 unspecified atom stereocenters. The van der Waals surface area contributed by atoms with Crippen LogP contribution in [-0.4, -0.2) is 29.1 Å². The summed E-state index contributed by atoms with van der Waals surface area (Å²) in [6, 6.07) is 0. The average Bonchev–Trinajstić information content (AvgIpc) is 2.65. The predicted molar refractivity (Wildman–Crippen MR) is 59.9 cm³/mol. The van der Waals surface area contributed by atoms with Gasteiger partial charge < -0.3 is 16.2 Å². The molecule has 0 bridgehead atoms. The number of carboxylic acid groups (broad SMARTS) is 1. The van der Waals surface area contributed by atoms with Gasteiger partial charge in [0.2, 0.25) is 5.91 Å². The number of carbonyl (C=O) groups excluding carboxylic acids is 1. The van der Waals surface area contributed by atoms with Gasteiger partial charge in [0, 0.05) is 13.0 Å². The molecule has 16 heavy (non-hydrogen) atoms. The lowest BCUT2D eigenvalue weighted by Gasteiger charge is -2.22. The van der Waals surface area contributed by atoms with Crippen molar-refractivity contribution in [3.63, 3.8) is 0 Å². The number of carbonyl (C=O) groups is 2. The van der Waals surface area contributed by atoms with Crippen molar-refractivity contribution in [1.82, 2.24) is 5.32 Å². The first-order valence-corrected chi connectivity index (χ1v) is 5.83. The Hall–Kier alpha value is -1.10. The third kappa shape index (κ3) is 3.81. The number of nitrogens with one attached hydrogen (secondary N) is 1. The van der Waals surface area contributed by atoms with Crippen LogP contribution < -0.4 is 11.1 Å². The molecule has 1 amide bonds. The first kappa shape index (κ1) is 13.0. The molecule has 0 spiro atoms. The Morgan fingerprint density at radius 1 is 1.25 bits per heavy atom. The van der Waals surface area contributed by atoms with Crippen LogP contribution in [0.25, 0.3) is 0 Å². The molecule has 92 valence electrons. The number of carboxylic acids is 1. The van der Waals surface area contributed by atoms with Crippen molar-refractivity contribution in [2.75, 3.05) is 6.54 Å². The molecular weight excluding hydrogens is 208 g/mol. The molecular formula is C11H20N2O3. The van der Waals surface area contributed by atoms with Crippen molar-refractivity contribution in [2.45, 2.75) is 50.5 Å². The Bertz CT molecular complexity index is 260. The fourth-order valence-corrected chi connectivity index (χ4v) is 2.01. The van der Waals surface area contributed by atoms with Crippen LogP contribution in [-0.2, 0) is 9.59 Å². The zero-order valence-corrected chi connectivity index (χ0v) is 9.50. The number of nitrogens with two attached hydrogens (primary N) is 1. The van der Waals surface area contributed by atoms with Crippen LogP contribution in [0, 0.1) is 0 Å². The van der Waals surface area contributed by atoms with Gasteiger partial charge in [0.25, 0.3) is 0 Å². The molecule has 0 aromatic heterocycles. The quantitative estimate of drug-likeness (QED) is 0.581. The Morgan fingerprint density at radius 2 is 1.88 bits per heavy atom. The summed E-state index contributed by atoms with van der Waals surface area (Å²) >= 11 is 0. The molecule has 1 aliphatic carbocycles. The molecule has 0 saturated heterocycles. The number of unbranched alkanes of at least 4 members (excludes halogenated alkanes) is 1.